The fraction of sp³-hybridized carbons (Fsp3) is 0.458. The summed E-state index contributed by atoms with van der Waals surface area (Å²) in [5.74, 6) is 1.36. The molecule has 1 aliphatic carbocycles. The second-order valence-corrected chi connectivity index (χ2v) is 8.35. The fourth-order valence-corrected chi connectivity index (χ4v) is 4.12. The number of aromatic nitrogens is 4. The summed E-state index contributed by atoms with van der Waals surface area (Å²) in [6.07, 6.45) is 7.75. The van der Waals surface area contributed by atoms with E-state index in [4.69, 9.17) is 9.84 Å². The maximum absolute atomic E-state index is 12.1. The van der Waals surface area contributed by atoms with Crippen LogP contribution in [0.3, 0.4) is 0 Å². The van der Waals surface area contributed by atoms with E-state index in [1.807, 2.05) is 54.9 Å². The SMILES string of the molecule is CC(C)n1nc(-c2cc(OCCC3CCCCC3)nn2-c2ccccc2)ccc1=O. The maximum Gasteiger partial charge on any atom is 0.267 e. The van der Waals surface area contributed by atoms with Gasteiger partial charge in [0, 0.05) is 12.1 Å². The first-order valence-corrected chi connectivity index (χ1v) is 11.0. The zero-order valence-electron chi connectivity index (χ0n) is 17.8. The number of benzene rings is 1. The molecular weight excluding hydrogens is 376 g/mol. The van der Waals surface area contributed by atoms with Gasteiger partial charge in [0.05, 0.1) is 24.0 Å². The third-order valence-corrected chi connectivity index (χ3v) is 5.77. The highest BCUT2D eigenvalue weighted by Gasteiger charge is 2.17. The molecule has 0 aliphatic heterocycles. The van der Waals surface area contributed by atoms with Crippen molar-refractivity contribution in [2.75, 3.05) is 6.61 Å². The zero-order valence-corrected chi connectivity index (χ0v) is 17.8. The molecule has 158 valence electrons. The van der Waals surface area contributed by atoms with E-state index in [0.717, 1.165) is 23.7 Å². The molecule has 0 amide bonds. The van der Waals surface area contributed by atoms with Crippen molar-refractivity contribution < 1.29 is 4.74 Å². The first-order valence-electron chi connectivity index (χ1n) is 11.0. The van der Waals surface area contributed by atoms with E-state index in [-0.39, 0.29) is 11.6 Å². The molecule has 0 bridgehead atoms. The average molecular weight is 407 g/mol. The van der Waals surface area contributed by atoms with Gasteiger partial charge in [-0.25, -0.2) is 9.36 Å². The van der Waals surface area contributed by atoms with Gasteiger partial charge in [-0.3, -0.25) is 4.79 Å². The summed E-state index contributed by atoms with van der Waals surface area (Å²) in [6.45, 7) is 4.58. The zero-order chi connectivity index (χ0) is 20.9. The van der Waals surface area contributed by atoms with Crippen LogP contribution < -0.4 is 10.3 Å². The van der Waals surface area contributed by atoms with E-state index < -0.39 is 0 Å². The number of ether oxygens (including phenoxy) is 1. The Kier molecular flexibility index (Phi) is 6.31. The molecule has 0 N–H and O–H groups in total. The van der Waals surface area contributed by atoms with Gasteiger partial charge < -0.3 is 4.74 Å². The Morgan fingerprint density at radius 2 is 1.80 bits per heavy atom. The van der Waals surface area contributed by atoms with Crippen molar-refractivity contribution in [1.29, 1.82) is 0 Å². The molecule has 6 nitrogen and oxygen atoms in total. The van der Waals surface area contributed by atoms with Crippen LogP contribution in [0.5, 0.6) is 5.88 Å². The number of nitrogens with zero attached hydrogens (tertiary/aromatic N) is 4. The van der Waals surface area contributed by atoms with Crippen LogP contribution in [0.25, 0.3) is 17.1 Å². The Labute approximate surface area is 177 Å². The van der Waals surface area contributed by atoms with Gasteiger partial charge in [0.1, 0.15) is 5.69 Å². The second-order valence-electron chi connectivity index (χ2n) is 8.35. The third-order valence-electron chi connectivity index (χ3n) is 5.77. The van der Waals surface area contributed by atoms with Crippen LogP contribution in [0, 0.1) is 5.92 Å². The van der Waals surface area contributed by atoms with Gasteiger partial charge in [-0.2, -0.15) is 5.10 Å². The Morgan fingerprint density at radius 3 is 2.53 bits per heavy atom. The van der Waals surface area contributed by atoms with Crippen LogP contribution >= 0.6 is 0 Å². The monoisotopic (exact) mass is 406 g/mol. The van der Waals surface area contributed by atoms with Crippen molar-refractivity contribution in [3.8, 4) is 23.0 Å². The molecule has 3 aromatic rings. The number of rotatable bonds is 7. The number of para-hydroxylation sites is 1. The first kappa shape index (κ1) is 20.4. The van der Waals surface area contributed by atoms with E-state index in [2.05, 4.69) is 5.10 Å². The fourth-order valence-electron chi connectivity index (χ4n) is 4.12. The van der Waals surface area contributed by atoms with Gasteiger partial charge >= 0.3 is 0 Å². The van der Waals surface area contributed by atoms with Crippen LogP contribution in [0.2, 0.25) is 0 Å². The molecule has 30 heavy (non-hydrogen) atoms. The second kappa shape index (κ2) is 9.28. The largest absolute Gasteiger partial charge is 0.477 e. The average Bonchev–Trinajstić information content (AvgIpc) is 3.19. The Morgan fingerprint density at radius 1 is 1.03 bits per heavy atom. The quantitative estimate of drug-likeness (QED) is 0.552. The highest BCUT2D eigenvalue weighted by Crippen LogP contribution is 2.28. The highest BCUT2D eigenvalue weighted by molar-refractivity contribution is 5.59. The third kappa shape index (κ3) is 4.64. The summed E-state index contributed by atoms with van der Waals surface area (Å²) < 4.78 is 9.39. The van der Waals surface area contributed by atoms with Gasteiger partial charge in [0.25, 0.3) is 5.56 Å². The van der Waals surface area contributed by atoms with Crippen molar-refractivity contribution >= 4 is 0 Å². The van der Waals surface area contributed by atoms with Crippen LogP contribution in [-0.2, 0) is 0 Å². The molecule has 1 saturated carbocycles. The summed E-state index contributed by atoms with van der Waals surface area (Å²) in [4.78, 5) is 12.1. The van der Waals surface area contributed by atoms with E-state index in [1.165, 1.54) is 36.8 Å². The lowest BCUT2D eigenvalue weighted by Gasteiger charge is -2.20. The van der Waals surface area contributed by atoms with Crippen LogP contribution in [0.15, 0.2) is 53.3 Å². The van der Waals surface area contributed by atoms with Crippen molar-refractivity contribution in [3.05, 3.63) is 58.9 Å². The van der Waals surface area contributed by atoms with Crippen molar-refractivity contribution in [1.82, 2.24) is 19.6 Å². The molecule has 2 heterocycles. The van der Waals surface area contributed by atoms with Crippen molar-refractivity contribution in [3.63, 3.8) is 0 Å². The topological polar surface area (TPSA) is 61.9 Å². The molecule has 0 unspecified atom stereocenters. The van der Waals surface area contributed by atoms with Gasteiger partial charge in [-0.05, 0) is 44.4 Å². The summed E-state index contributed by atoms with van der Waals surface area (Å²) in [7, 11) is 0. The normalized spacial score (nSPS) is 14.9. The molecule has 4 rings (SSSR count). The molecule has 1 aromatic carbocycles. The van der Waals surface area contributed by atoms with Gasteiger partial charge in [0.15, 0.2) is 0 Å². The molecule has 0 spiro atoms. The van der Waals surface area contributed by atoms with Gasteiger partial charge in [-0.1, -0.05) is 50.3 Å². The lowest BCUT2D eigenvalue weighted by atomic mass is 9.87. The summed E-state index contributed by atoms with van der Waals surface area (Å²) in [5.41, 5.74) is 2.33. The predicted molar refractivity (Wildman–Crippen MR) is 118 cm³/mol. The molecule has 0 atom stereocenters. The van der Waals surface area contributed by atoms with E-state index in [1.54, 1.807) is 12.1 Å². The standard InChI is InChI=1S/C24H30N4O2/c1-18(2)27-24(29)14-13-21(25-27)22-17-23(26-28(22)20-11-7-4-8-12-20)30-16-15-19-9-5-3-6-10-19/h4,7-8,11-14,17-19H,3,5-6,9-10,15-16H2,1-2H3. The molecular formula is C24H30N4O2. The first-order chi connectivity index (χ1) is 14.6. The molecule has 0 saturated heterocycles. The molecule has 6 heteroatoms. The Bertz CT molecular complexity index is 1020. The molecule has 1 fully saturated rings. The van der Waals surface area contributed by atoms with E-state index >= 15 is 0 Å². The van der Waals surface area contributed by atoms with Crippen LogP contribution in [0.1, 0.15) is 58.4 Å². The lowest BCUT2D eigenvalue weighted by molar-refractivity contribution is 0.239. The Balaban J connectivity index is 1.62. The maximum atomic E-state index is 12.1. The minimum Gasteiger partial charge on any atom is -0.477 e. The van der Waals surface area contributed by atoms with Crippen LogP contribution in [0.4, 0.5) is 0 Å². The van der Waals surface area contributed by atoms with Crippen molar-refractivity contribution in [2.45, 2.75) is 58.4 Å². The van der Waals surface area contributed by atoms with Gasteiger partial charge in [-0.15, -0.1) is 5.10 Å². The summed E-state index contributed by atoms with van der Waals surface area (Å²) in [5, 5.41) is 9.29. The molecule has 0 radical (unpaired) electrons. The Hall–Kier alpha value is -2.89. The predicted octanol–water partition coefficient (Wildman–Crippen LogP) is 5.03. The number of hydrogen-bond acceptors (Lipinski definition) is 4. The van der Waals surface area contributed by atoms with Crippen molar-refractivity contribution in [2.24, 2.45) is 5.92 Å². The minimum absolute atomic E-state index is 0.0169. The van der Waals surface area contributed by atoms with E-state index in [9.17, 15) is 4.79 Å². The smallest absolute Gasteiger partial charge is 0.267 e. The highest BCUT2D eigenvalue weighted by atomic mass is 16.5. The molecule has 2 aromatic heterocycles. The van der Waals surface area contributed by atoms with Gasteiger partial charge in [0.2, 0.25) is 5.88 Å². The summed E-state index contributed by atoms with van der Waals surface area (Å²) in [6, 6.07) is 15.2. The minimum atomic E-state index is -0.108. The molecule has 1 aliphatic rings. The summed E-state index contributed by atoms with van der Waals surface area (Å²) >= 11 is 0. The van der Waals surface area contributed by atoms with Crippen LogP contribution in [-0.4, -0.2) is 26.2 Å². The van der Waals surface area contributed by atoms with E-state index in [0.29, 0.717) is 18.2 Å². The lowest BCUT2D eigenvalue weighted by Crippen LogP contribution is -2.24. The number of hydrogen-bond donors (Lipinski definition) is 0.